The van der Waals surface area contributed by atoms with Crippen LogP contribution in [0.4, 0.5) is 0 Å². The zero-order valence-corrected chi connectivity index (χ0v) is 22.5. The summed E-state index contributed by atoms with van der Waals surface area (Å²) in [4.78, 5) is 28.5. The normalized spacial score (nSPS) is 11.6. The fourth-order valence-electron chi connectivity index (χ4n) is 3.71. The monoisotopic (exact) mass is 546 g/mol. The van der Waals surface area contributed by atoms with E-state index in [0.29, 0.717) is 39.3 Å². The van der Waals surface area contributed by atoms with E-state index in [1.165, 1.54) is 4.90 Å². The topological polar surface area (TPSA) is 58.6 Å². The number of halogens is 3. The lowest BCUT2D eigenvalue weighted by atomic mass is 10.0. The third-order valence-corrected chi connectivity index (χ3v) is 6.83. The van der Waals surface area contributed by atoms with Crippen LogP contribution in [0.3, 0.4) is 0 Å². The molecule has 1 atom stereocenters. The number of nitrogens with zero attached hydrogens (tertiary/aromatic N) is 1. The molecule has 0 saturated carbocycles. The number of ether oxygens (including phenoxy) is 1. The fourth-order valence-corrected chi connectivity index (χ4v) is 4.34. The molecule has 0 aromatic heterocycles. The molecular weight excluding hydrogens is 519 g/mol. The summed E-state index contributed by atoms with van der Waals surface area (Å²) >= 11 is 19.0. The van der Waals surface area contributed by atoms with E-state index < -0.39 is 6.04 Å². The Kier molecular flexibility index (Phi) is 10.5. The van der Waals surface area contributed by atoms with E-state index in [0.717, 1.165) is 17.5 Å². The Bertz CT molecular complexity index is 1170. The summed E-state index contributed by atoms with van der Waals surface area (Å²) in [5, 5.41) is 4.38. The van der Waals surface area contributed by atoms with Crippen molar-refractivity contribution in [2.45, 2.75) is 39.3 Å². The third-order valence-electron chi connectivity index (χ3n) is 5.70. The van der Waals surface area contributed by atoms with E-state index in [9.17, 15) is 9.59 Å². The number of carbonyl (C=O) groups is 2. The van der Waals surface area contributed by atoms with E-state index in [4.69, 9.17) is 39.5 Å². The third kappa shape index (κ3) is 7.63. The maximum Gasteiger partial charge on any atom is 0.261 e. The zero-order valence-electron chi connectivity index (χ0n) is 20.3. The van der Waals surface area contributed by atoms with Gasteiger partial charge in [0.2, 0.25) is 5.91 Å². The van der Waals surface area contributed by atoms with Crippen molar-refractivity contribution in [3.05, 3.63) is 98.5 Å². The van der Waals surface area contributed by atoms with Crippen molar-refractivity contribution >= 4 is 46.6 Å². The molecule has 1 N–H and O–H groups in total. The quantitative estimate of drug-likeness (QED) is 0.298. The molecule has 0 bridgehead atoms. The highest BCUT2D eigenvalue weighted by molar-refractivity contribution is 6.36. The number of hydrogen-bond donors (Lipinski definition) is 1. The number of rotatable bonds is 11. The van der Waals surface area contributed by atoms with Crippen molar-refractivity contribution in [1.29, 1.82) is 0 Å². The lowest BCUT2D eigenvalue weighted by Crippen LogP contribution is -2.51. The van der Waals surface area contributed by atoms with Gasteiger partial charge >= 0.3 is 0 Å². The SMILES string of the molecule is CCCNC(=O)[C@H](Cc1ccccc1)N(Cc1c(Cl)cccc1Cl)C(=O)COc1ccc(Cl)c(C)c1. The predicted molar refractivity (Wildman–Crippen MR) is 146 cm³/mol. The van der Waals surface area contributed by atoms with E-state index in [-0.39, 0.29) is 25.0 Å². The highest BCUT2D eigenvalue weighted by atomic mass is 35.5. The highest BCUT2D eigenvalue weighted by Crippen LogP contribution is 2.27. The van der Waals surface area contributed by atoms with Gasteiger partial charge < -0.3 is 15.0 Å². The van der Waals surface area contributed by atoms with E-state index >= 15 is 0 Å². The van der Waals surface area contributed by atoms with Crippen LogP contribution in [0.15, 0.2) is 66.7 Å². The van der Waals surface area contributed by atoms with Gasteiger partial charge in [-0.25, -0.2) is 0 Å². The smallest absolute Gasteiger partial charge is 0.261 e. The second-order valence-corrected chi connectivity index (χ2v) is 9.64. The van der Waals surface area contributed by atoms with Gasteiger partial charge in [-0.2, -0.15) is 0 Å². The molecule has 190 valence electrons. The van der Waals surface area contributed by atoms with E-state index in [1.807, 2.05) is 44.2 Å². The number of aryl methyl sites for hydroxylation is 1. The molecular formula is C28H29Cl3N2O3. The first-order valence-corrected chi connectivity index (χ1v) is 12.9. The first-order chi connectivity index (χ1) is 17.3. The molecule has 0 fully saturated rings. The Morgan fingerprint density at radius 1 is 0.944 bits per heavy atom. The van der Waals surface area contributed by atoms with E-state index in [2.05, 4.69) is 5.32 Å². The van der Waals surface area contributed by atoms with Crippen LogP contribution in [0.1, 0.15) is 30.0 Å². The van der Waals surface area contributed by atoms with Crippen molar-refractivity contribution in [2.24, 2.45) is 0 Å². The molecule has 3 aromatic rings. The minimum Gasteiger partial charge on any atom is -0.484 e. The molecule has 0 unspecified atom stereocenters. The largest absolute Gasteiger partial charge is 0.484 e. The summed E-state index contributed by atoms with van der Waals surface area (Å²) in [7, 11) is 0. The fraction of sp³-hybridized carbons (Fsp3) is 0.286. The number of hydrogen-bond acceptors (Lipinski definition) is 3. The average Bonchev–Trinajstić information content (AvgIpc) is 2.87. The van der Waals surface area contributed by atoms with Gasteiger partial charge in [0.15, 0.2) is 6.61 Å². The summed E-state index contributed by atoms with van der Waals surface area (Å²) < 4.78 is 5.80. The van der Waals surface area contributed by atoms with E-state index in [1.54, 1.807) is 36.4 Å². The Morgan fingerprint density at radius 3 is 2.28 bits per heavy atom. The summed E-state index contributed by atoms with van der Waals surface area (Å²) in [6, 6.07) is 19.1. The Labute approximate surface area is 227 Å². The van der Waals surface area contributed by atoms with Crippen LogP contribution in [0, 0.1) is 6.92 Å². The molecule has 0 aliphatic carbocycles. The van der Waals surface area contributed by atoms with Crippen LogP contribution >= 0.6 is 34.8 Å². The summed E-state index contributed by atoms with van der Waals surface area (Å²) in [6.07, 6.45) is 1.09. The van der Waals surface area contributed by atoms with Gasteiger partial charge in [-0.05, 0) is 54.8 Å². The lowest BCUT2D eigenvalue weighted by molar-refractivity contribution is -0.142. The van der Waals surface area contributed by atoms with Gasteiger partial charge in [0.05, 0.1) is 0 Å². The van der Waals surface area contributed by atoms with Crippen LogP contribution < -0.4 is 10.1 Å². The van der Waals surface area contributed by atoms with Crippen molar-refractivity contribution in [3.8, 4) is 5.75 Å². The summed E-state index contributed by atoms with van der Waals surface area (Å²) in [5.41, 5.74) is 2.33. The summed E-state index contributed by atoms with van der Waals surface area (Å²) in [6.45, 7) is 4.12. The van der Waals surface area contributed by atoms with Gasteiger partial charge in [0.1, 0.15) is 11.8 Å². The number of amides is 2. The molecule has 2 amide bonds. The van der Waals surface area contributed by atoms with Gasteiger partial charge in [-0.15, -0.1) is 0 Å². The van der Waals surface area contributed by atoms with Crippen molar-refractivity contribution < 1.29 is 14.3 Å². The molecule has 0 aliphatic heterocycles. The van der Waals surface area contributed by atoms with Gasteiger partial charge in [0, 0.05) is 40.1 Å². The van der Waals surface area contributed by atoms with Gasteiger partial charge in [0.25, 0.3) is 5.91 Å². The van der Waals surface area contributed by atoms with Crippen LogP contribution in [0.5, 0.6) is 5.75 Å². The molecule has 8 heteroatoms. The first-order valence-electron chi connectivity index (χ1n) is 11.7. The second kappa shape index (κ2) is 13.5. The molecule has 0 aliphatic rings. The molecule has 5 nitrogen and oxygen atoms in total. The minimum atomic E-state index is -0.797. The minimum absolute atomic E-state index is 0.0530. The predicted octanol–water partition coefficient (Wildman–Crippen LogP) is 6.50. The molecule has 36 heavy (non-hydrogen) atoms. The number of benzene rings is 3. The molecule has 0 heterocycles. The van der Waals surface area contributed by atoms with Crippen molar-refractivity contribution in [2.75, 3.05) is 13.2 Å². The van der Waals surface area contributed by atoms with Crippen LogP contribution in [-0.4, -0.2) is 35.9 Å². The Morgan fingerprint density at radius 2 is 1.64 bits per heavy atom. The lowest BCUT2D eigenvalue weighted by Gasteiger charge is -2.32. The average molecular weight is 548 g/mol. The van der Waals surface area contributed by atoms with Crippen LogP contribution in [0.2, 0.25) is 15.1 Å². The molecule has 3 rings (SSSR count). The van der Waals surface area contributed by atoms with Crippen LogP contribution in [-0.2, 0) is 22.6 Å². The van der Waals surface area contributed by atoms with Gasteiger partial charge in [-0.3, -0.25) is 9.59 Å². The Hall–Kier alpha value is -2.73. The first kappa shape index (κ1) is 27.9. The highest BCUT2D eigenvalue weighted by Gasteiger charge is 2.31. The van der Waals surface area contributed by atoms with Gasteiger partial charge in [-0.1, -0.05) is 78.1 Å². The maximum atomic E-state index is 13.6. The second-order valence-electron chi connectivity index (χ2n) is 8.42. The maximum absolute atomic E-state index is 13.6. The molecule has 3 aromatic carbocycles. The number of carbonyl (C=O) groups excluding carboxylic acids is 2. The Balaban J connectivity index is 1.94. The zero-order chi connectivity index (χ0) is 26.1. The standard InChI is InChI=1S/C28H29Cl3N2O3/c1-3-14-32-28(35)26(16-20-8-5-4-6-9-20)33(17-22-24(30)10-7-11-25(22)31)27(34)18-36-21-12-13-23(29)19(2)15-21/h4-13,15,26H,3,14,16-18H2,1-2H3,(H,32,35)/t26-/m0/s1. The van der Waals surface area contributed by atoms with Crippen molar-refractivity contribution in [3.63, 3.8) is 0 Å². The molecule has 0 radical (unpaired) electrons. The molecule has 0 saturated heterocycles. The van der Waals surface area contributed by atoms with Crippen LogP contribution in [0.25, 0.3) is 0 Å². The summed E-state index contributed by atoms with van der Waals surface area (Å²) in [5.74, 6) is -0.109. The van der Waals surface area contributed by atoms with Crippen molar-refractivity contribution in [1.82, 2.24) is 10.2 Å². The number of nitrogens with one attached hydrogen (secondary N) is 1. The molecule has 0 spiro atoms.